The van der Waals surface area contributed by atoms with Crippen LogP contribution < -0.4 is 21.1 Å². The van der Waals surface area contributed by atoms with Gasteiger partial charge in [-0.05, 0) is 19.1 Å². The molecule has 0 aromatic heterocycles. The van der Waals surface area contributed by atoms with E-state index >= 15 is 0 Å². The fraction of sp³-hybridized carbons (Fsp3) is 0.429. The molecule has 0 bridgehead atoms. The van der Waals surface area contributed by atoms with Crippen molar-refractivity contribution >= 4 is 35.6 Å². The van der Waals surface area contributed by atoms with Gasteiger partial charge in [0.25, 0.3) is 0 Å². The van der Waals surface area contributed by atoms with Gasteiger partial charge in [0.05, 0.1) is 24.4 Å². The molecule has 1 aromatic carbocycles. The van der Waals surface area contributed by atoms with Gasteiger partial charge in [-0.2, -0.15) is 0 Å². The minimum Gasteiger partial charge on any atom is -0.497 e. The Hall–Kier alpha value is -1.79. The highest BCUT2D eigenvalue weighted by molar-refractivity contribution is 6.00. The number of hydrogen-bond acceptors (Lipinski definition) is 4. The van der Waals surface area contributed by atoms with E-state index in [1.54, 1.807) is 32.0 Å². The van der Waals surface area contributed by atoms with Gasteiger partial charge in [-0.3, -0.25) is 9.59 Å². The zero-order chi connectivity index (χ0) is 15.3. The number of ether oxygens (including phenoxy) is 1. The van der Waals surface area contributed by atoms with E-state index in [9.17, 15) is 9.59 Å². The Kier molecular flexibility index (Phi) is 7.76. The predicted octanol–water partition coefficient (Wildman–Crippen LogP) is 2.00. The number of hydrogen-bond donors (Lipinski definition) is 3. The molecule has 4 N–H and O–H groups in total. The van der Waals surface area contributed by atoms with Gasteiger partial charge in [0.1, 0.15) is 5.75 Å². The van der Waals surface area contributed by atoms with Crippen molar-refractivity contribution in [3.8, 4) is 5.75 Å². The molecule has 1 rings (SSSR count). The largest absolute Gasteiger partial charge is 0.497 e. The lowest BCUT2D eigenvalue weighted by molar-refractivity contribution is -0.120. The second kappa shape index (κ2) is 8.49. The summed E-state index contributed by atoms with van der Waals surface area (Å²) in [4.78, 5) is 23.2. The van der Waals surface area contributed by atoms with Crippen molar-refractivity contribution < 1.29 is 14.3 Å². The zero-order valence-corrected chi connectivity index (χ0v) is 13.4. The molecule has 0 heterocycles. The molecule has 0 saturated carbocycles. The third-order valence-electron chi connectivity index (χ3n) is 3.00. The Balaban J connectivity index is 0.00000400. The average molecular weight is 316 g/mol. The number of halogens is 1. The van der Waals surface area contributed by atoms with Crippen LogP contribution in [0.25, 0.3) is 0 Å². The predicted molar refractivity (Wildman–Crippen MR) is 86.0 cm³/mol. The lowest BCUT2D eigenvalue weighted by Gasteiger charge is -2.18. The molecule has 0 radical (unpaired) electrons. The molecule has 6 nitrogen and oxygen atoms in total. The number of anilines is 2. The summed E-state index contributed by atoms with van der Waals surface area (Å²) in [5.74, 6) is -0.181. The minimum absolute atomic E-state index is 0. The SMILES string of the molecule is COc1ccc(NC(C)=O)c(NC(=O)C(C)C(C)N)c1.Cl. The normalized spacial score (nSPS) is 12.6. The second-order valence-corrected chi connectivity index (χ2v) is 4.73. The molecule has 2 atom stereocenters. The molecular weight excluding hydrogens is 294 g/mol. The Morgan fingerprint density at radius 1 is 1.19 bits per heavy atom. The van der Waals surface area contributed by atoms with E-state index in [-0.39, 0.29) is 36.2 Å². The molecule has 0 spiro atoms. The van der Waals surface area contributed by atoms with Crippen LogP contribution in [0, 0.1) is 5.92 Å². The molecule has 21 heavy (non-hydrogen) atoms. The topological polar surface area (TPSA) is 93.5 Å². The van der Waals surface area contributed by atoms with Gasteiger partial charge < -0.3 is 21.1 Å². The number of carbonyl (C=O) groups excluding carboxylic acids is 2. The van der Waals surface area contributed by atoms with Crippen LogP contribution in [0.4, 0.5) is 11.4 Å². The second-order valence-electron chi connectivity index (χ2n) is 4.73. The van der Waals surface area contributed by atoms with Crippen LogP contribution >= 0.6 is 12.4 Å². The Morgan fingerprint density at radius 2 is 1.81 bits per heavy atom. The van der Waals surface area contributed by atoms with Gasteiger partial charge in [-0.25, -0.2) is 0 Å². The summed E-state index contributed by atoms with van der Waals surface area (Å²) in [6.45, 7) is 4.92. The monoisotopic (exact) mass is 315 g/mol. The lowest BCUT2D eigenvalue weighted by atomic mass is 10.0. The molecule has 2 unspecified atom stereocenters. The summed E-state index contributed by atoms with van der Waals surface area (Å²) in [5, 5.41) is 5.42. The maximum absolute atomic E-state index is 12.0. The van der Waals surface area contributed by atoms with Crippen molar-refractivity contribution in [1.82, 2.24) is 0 Å². The smallest absolute Gasteiger partial charge is 0.228 e. The van der Waals surface area contributed by atoms with E-state index in [1.807, 2.05) is 0 Å². The average Bonchev–Trinajstić information content (AvgIpc) is 2.38. The molecule has 0 aliphatic rings. The Bertz CT molecular complexity index is 506. The fourth-order valence-corrected chi connectivity index (χ4v) is 1.54. The molecular formula is C14H22ClN3O3. The number of carbonyl (C=O) groups is 2. The summed E-state index contributed by atoms with van der Waals surface area (Å²) in [6, 6.07) is 4.77. The molecule has 7 heteroatoms. The number of benzene rings is 1. The van der Waals surface area contributed by atoms with Crippen molar-refractivity contribution in [2.45, 2.75) is 26.8 Å². The van der Waals surface area contributed by atoms with Gasteiger partial charge in [0.15, 0.2) is 0 Å². The molecule has 0 aliphatic carbocycles. The summed E-state index contributed by atoms with van der Waals surface area (Å²) in [6.07, 6.45) is 0. The van der Waals surface area contributed by atoms with Gasteiger partial charge in [-0.1, -0.05) is 6.92 Å². The lowest BCUT2D eigenvalue weighted by Crippen LogP contribution is -2.34. The van der Waals surface area contributed by atoms with Crippen molar-refractivity contribution in [1.29, 1.82) is 0 Å². The first-order valence-corrected chi connectivity index (χ1v) is 6.37. The van der Waals surface area contributed by atoms with Crippen LogP contribution in [0.1, 0.15) is 20.8 Å². The van der Waals surface area contributed by atoms with Crippen LogP contribution in [0.3, 0.4) is 0 Å². The van der Waals surface area contributed by atoms with Crippen LogP contribution in [0.2, 0.25) is 0 Å². The van der Waals surface area contributed by atoms with E-state index in [0.717, 1.165) is 0 Å². The fourth-order valence-electron chi connectivity index (χ4n) is 1.54. The Labute approximate surface area is 130 Å². The van der Waals surface area contributed by atoms with Gasteiger partial charge >= 0.3 is 0 Å². The van der Waals surface area contributed by atoms with Crippen LogP contribution in [0.15, 0.2) is 18.2 Å². The van der Waals surface area contributed by atoms with Crippen molar-refractivity contribution in [3.63, 3.8) is 0 Å². The van der Waals surface area contributed by atoms with Crippen molar-refractivity contribution in [2.75, 3.05) is 17.7 Å². The molecule has 118 valence electrons. The molecule has 1 aromatic rings. The van der Waals surface area contributed by atoms with E-state index in [1.165, 1.54) is 14.0 Å². The van der Waals surface area contributed by atoms with Crippen molar-refractivity contribution in [3.05, 3.63) is 18.2 Å². The van der Waals surface area contributed by atoms with E-state index in [2.05, 4.69) is 10.6 Å². The quantitative estimate of drug-likeness (QED) is 0.774. The minimum atomic E-state index is -0.341. The maximum atomic E-state index is 12.0. The highest BCUT2D eigenvalue weighted by atomic mass is 35.5. The molecule has 0 fully saturated rings. The van der Waals surface area contributed by atoms with E-state index in [4.69, 9.17) is 10.5 Å². The summed E-state index contributed by atoms with van der Waals surface area (Å²) in [5.41, 5.74) is 6.71. The van der Waals surface area contributed by atoms with Crippen molar-refractivity contribution in [2.24, 2.45) is 11.7 Å². The highest BCUT2D eigenvalue weighted by Gasteiger charge is 2.18. The Morgan fingerprint density at radius 3 is 2.29 bits per heavy atom. The van der Waals surface area contributed by atoms with Crippen LogP contribution in [0.5, 0.6) is 5.75 Å². The summed E-state index contributed by atoms with van der Waals surface area (Å²) >= 11 is 0. The first-order chi connectivity index (χ1) is 9.35. The number of amides is 2. The van der Waals surface area contributed by atoms with E-state index in [0.29, 0.717) is 17.1 Å². The van der Waals surface area contributed by atoms with Gasteiger partial charge in [-0.15, -0.1) is 12.4 Å². The van der Waals surface area contributed by atoms with Gasteiger partial charge in [0, 0.05) is 19.0 Å². The molecule has 2 amide bonds. The number of nitrogens with two attached hydrogens (primary N) is 1. The molecule has 0 aliphatic heterocycles. The first kappa shape index (κ1) is 19.2. The third kappa shape index (κ3) is 5.61. The van der Waals surface area contributed by atoms with Crippen LogP contribution in [-0.4, -0.2) is 25.0 Å². The standard InChI is InChI=1S/C14H21N3O3.ClH/c1-8(9(2)15)14(19)17-13-7-11(20-4)5-6-12(13)16-10(3)18;/h5-9H,15H2,1-4H3,(H,16,18)(H,17,19);1H. The summed E-state index contributed by atoms with van der Waals surface area (Å²) < 4.78 is 5.12. The maximum Gasteiger partial charge on any atom is 0.228 e. The highest BCUT2D eigenvalue weighted by Crippen LogP contribution is 2.27. The third-order valence-corrected chi connectivity index (χ3v) is 3.00. The molecule has 0 saturated heterocycles. The summed E-state index contributed by atoms with van der Waals surface area (Å²) in [7, 11) is 1.53. The van der Waals surface area contributed by atoms with E-state index < -0.39 is 0 Å². The zero-order valence-electron chi connectivity index (χ0n) is 12.6. The van der Waals surface area contributed by atoms with Crippen LogP contribution in [-0.2, 0) is 9.59 Å². The number of methoxy groups -OCH3 is 1. The number of rotatable bonds is 5. The van der Waals surface area contributed by atoms with Gasteiger partial charge in [0.2, 0.25) is 11.8 Å². The first-order valence-electron chi connectivity index (χ1n) is 6.37. The number of nitrogens with one attached hydrogen (secondary N) is 2.